The number of hydrogen-bond donors (Lipinski definition) is 4. The summed E-state index contributed by atoms with van der Waals surface area (Å²) < 4.78 is 18.3. The minimum atomic E-state index is -0.464. The highest BCUT2D eigenvalue weighted by atomic mass is 32.2. The summed E-state index contributed by atoms with van der Waals surface area (Å²) in [6.45, 7) is 0.126. The van der Waals surface area contributed by atoms with E-state index in [4.69, 9.17) is 0 Å². The molecular formula is C16H19FN8O2S. The van der Waals surface area contributed by atoms with E-state index in [1.54, 1.807) is 29.8 Å². The lowest BCUT2D eigenvalue weighted by molar-refractivity contribution is 0.556. The summed E-state index contributed by atoms with van der Waals surface area (Å²) in [6, 6.07) is 6.39. The number of nitrogens with one attached hydrogen (secondary N) is 4. The van der Waals surface area contributed by atoms with Crippen molar-refractivity contribution in [1.29, 1.82) is 0 Å². The number of fused-ring (bicyclic) bond motifs is 1. The Kier molecular flexibility index (Phi) is 5.03. The number of halogens is 1. The third-order valence-corrected chi connectivity index (χ3v) is 5.60. The van der Waals surface area contributed by atoms with Crippen molar-refractivity contribution in [2.24, 2.45) is 14.1 Å². The van der Waals surface area contributed by atoms with Crippen LogP contribution in [-0.2, 0) is 20.6 Å². The molecule has 28 heavy (non-hydrogen) atoms. The van der Waals surface area contributed by atoms with Crippen molar-refractivity contribution in [2.75, 3.05) is 5.75 Å². The number of aryl methyl sites for hydroxylation is 1. The molecule has 148 valence electrons. The molecule has 0 saturated carbocycles. The molecule has 0 spiro atoms. The third kappa shape index (κ3) is 3.25. The lowest BCUT2D eigenvalue weighted by Crippen LogP contribution is -2.37. The van der Waals surface area contributed by atoms with Crippen LogP contribution >= 0.6 is 11.8 Å². The van der Waals surface area contributed by atoms with E-state index in [9.17, 15) is 14.0 Å². The van der Waals surface area contributed by atoms with Crippen molar-refractivity contribution in [3.8, 4) is 0 Å². The van der Waals surface area contributed by atoms with Gasteiger partial charge in [-0.1, -0.05) is 30.0 Å². The highest BCUT2D eigenvalue weighted by Gasteiger charge is 2.22. The molecule has 0 aliphatic carbocycles. The fraction of sp³-hybridized carbons (Fsp3) is 0.312. The Bertz CT molecular complexity index is 1150. The molecule has 1 aliphatic heterocycles. The minimum absolute atomic E-state index is 0.0848. The van der Waals surface area contributed by atoms with Crippen molar-refractivity contribution >= 4 is 22.9 Å². The Morgan fingerprint density at radius 3 is 2.57 bits per heavy atom. The first-order valence-corrected chi connectivity index (χ1v) is 9.49. The SMILES string of the molecule is Cn1c(=O)c2c(nc(SCC3NNNN3)n2Cc2ccccc2F)n(C)c1=O. The van der Waals surface area contributed by atoms with Crippen molar-refractivity contribution in [2.45, 2.75) is 17.9 Å². The van der Waals surface area contributed by atoms with Crippen LogP contribution in [0.5, 0.6) is 0 Å². The van der Waals surface area contributed by atoms with Crippen LogP contribution in [0.15, 0.2) is 39.0 Å². The number of rotatable bonds is 5. The van der Waals surface area contributed by atoms with E-state index in [1.165, 1.54) is 29.4 Å². The van der Waals surface area contributed by atoms with Gasteiger partial charge in [0, 0.05) is 25.4 Å². The number of nitrogens with zero attached hydrogens (tertiary/aromatic N) is 4. The number of hydrazine groups is 3. The van der Waals surface area contributed by atoms with Gasteiger partial charge < -0.3 is 4.57 Å². The van der Waals surface area contributed by atoms with Crippen LogP contribution in [-0.4, -0.2) is 30.6 Å². The van der Waals surface area contributed by atoms with Crippen LogP contribution in [0, 0.1) is 5.82 Å². The first kappa shape index (κ1) is 18.8. The summed E-state index contributed by atoms with van der Waals surface area (Å²) in [5.74, 6) is 0.198. The van der Waals surface area contributed by atoms with E-state index in [-0.39, 0.29) is 29.7 Å². The van der Waals surface area contributed by atoms with E-state index in [1.807, 2.05) is 0 Å². The molecule has 1 saturated heterocycles. The molecule has 1 aromatic carbocycles. The summed E-state index contributed by atoms with van der Waals surface area (Å²) in [6.07, 6.45) is -0.0848. The zero-order chi connectivity index (χ0) is 19.8. The van der Waals surface area contributed by atoms with Crippen LogP contribution in [0.4, 0.5) is 4.39 Å². The van der Waals surface area contributed by atoms with Gasteiger partial charge in [0.05, 0.1) is 12.7 Å². The fourth-order valence-electron chi connectivity index (χ4n) is 3.00. The number of hydrogen-bond acceptors (Lipinski definition) is 8. The predicted octanol–water partition coefficient (Wildman–Crippen LogP) is -0.844. The number of imidazole rings is 1. The molecule has 1 aliphatic rings. The van der Waals surface area contributed by atoms with Gasteiger partial charge in [-0.05, 0) is 6.07 Å². The van der Waals surface area contributed by atoms with E-state index < -0.39 is 11.2 Å². The van der Waals surface area contributed by atoms with Crippen molar-refractivity contribution in [1.82, 2.24) is 40.6 Å². The quantitative estimate of drug-likeness (QED) is 0.406. The lowest BCUT2D eigenvalue weighted by atomic mass is 10.2. The molecule has 0 bridgehead atoms. The molecule has 4 N–H and O–H groups in total. The largest absolute Gasteiger partial charge is 0.332 e. The second-order valence-electron chi connectivity index (χ2n) is 6.35. The molecule has 4 rings (SSSR count). The van der Waals surface area contributed by atoms with Gasteiger partial charge >= 0.3 is 5.69 Å². The number of thioether (sulfide) groups is 1. The summed E-state index contributed by atoms with van der Waals surface area (Å²) >= 11 is 1.39. The van der Waals surface area contributed by atoms with E-state index in [0.29, 0.717) is 16.5 Å². The Balaban J connectivity index is 1.85. The zero-order valence-corrected chi connectivity index (χ0v) is 16.0. The molecular weight excluding hydrogens is 387 g/mol. The average molecular weight is 406 g/mol. The van der Waals surface area contributed by atoms with Crippen LogP contribution in [0.3, 0.4) is 0 Å². The smallest absolute Gasteiger partial charge is 0.308 e. The maximum Gasteiger partial charge on any atom is 0.332 e. The fourth-order valence-corrected chi connectivity index (χ4v) is 3.95. The van der Waals surface area contributed by atoms with E-state index >= 15 is 0 Å². The zero-order valence-electron chi connectivity index (χ0n) is 15.2. The minimum Gasteiger partial charge on any atom is -0.308 e. The number of aromatic nitrogens is 4. The molecule has 3 heterocycles. The Morgan fingerprint density at radius 2 is 1.86 bits per heavy atom. The van der Waals surface area contributed by atoms with Crippen molar-refractivity contribution in [3.05, 3.63) is 56.5 Å². The Labute approximate surface area is 162 Å². The summed E-state index contributed by atoms with van der Waals surface area (Å²) in [5.41, 5.74) is 11.4. The molecule has 1 fully saturated rings. The second-order valence-corrected chi connectivity index (χ2v) is 7.34. The molecule has 0 radical (unpaired) electrons. The molecule has 2 aromatic heterocycles. The first-order chi connectivity index (χ1) is 13.5. The van der Waals surface area contributed by atoms with Gasteiger partial charge in [0.15, 0.2) is 16.3 Å². The molecule has 10 nitrogen and oxygen atoms in total. The van der Waals surface area contributed by atoms with Gasteiger partial charge in [-0.15, -0.1) is 0 Å². The molecule has 0 amide bonds. The third-order valence-electron chi connectivity index (χ3n) is 4.53. The summed E-state index contributed by atoms with van der Waals surface area (Å²) in [7, 11) is 2.98. The van der Waals surface area contributed by atoms with E-state index in [0.717, 1.165) is 4.57 Å². The molecule has 12 heteroatoms. The Hall–Kier alpha value is -2.51. The van der Waals surface area contributed by atoms with Crippen LogP contribution < -0.4 is 33.2 Å². The van der Waals surface area contributed by atoms with Crippen molar-refractivity contribution in [3.63, 3.8) is 0 Å². The maximum absolute atomic E-state index is 14.3. The number of benzene rings is 1. The standard InChI is InChI=1S/C16H19FN8O2S/c1-23-13-12(14(26)24(2)16(23)27)25(7-9-5-3-4-6-10(9)17)15(18-13)28-8-11-19-21-22-20-11/h3-6,11,19-22H,7-8H2,1-2H3. The predicted molar refractivity (Wildman–Crippen MR) is 103 cm³/mol. The second kappa shape index (κ2) is 7.48. The molecule has 0 unspecified atom stereocenters. The molecule has 0 atom stereocenters. The molecule has 3 aromatic rings. The lowest BCUT2D eigenvalue weighted by Gasteiger charge is -2.12. The van der Waals surface area contributed by atoms with Crippen LogP contribution in [0.25, 0.3) is 11.2 Å². The van der Waals surface area contributed by atoms with Crippen LogP contribution in [0.1, 0.15) is 5.56 Å². The van der Waals surface area contributed by atoms with Crippen molar-refractivity contribution < 1.29 is 4.39 Å². The van der Waals surface area contributed by atoms with Gasteiger partial charge in [0.2, 0.25) is 0 Å². The van der Waals surface area contributed by atoms with Gasteiger partial charge in [0.1, 0.15) is 5.82 Å². The maximum atomic E-state index is 14.3. The summed E-state index contributed by atoms with van der Waals surface area (Å²) in [4.78, 5) is 29.6. The highest BCUT2D eigenvalue weighted by molar-refractivity contribution is 7.99. The van der Waals surface area contributed by atoms with Gasteiger partial charge in [-0.2, -0.15) is 11.1 Å². The van der Waals surface area contributed by atoms with E-state index in [2.05, 4.69) is 26.9 Å². The average Bonchev–Trinajstić information content (AvgIpc) is 3.33. The highest BCUT2D eigenvalue weighted by Crippen LogP contribution is 2.24. The first-order valence-electron chi connectivity index (χ1n) is 8.51. The normalized spacial score (nSPS) is 15.0. The monoisotopic (exact) mass is 406 g/mol. The van der Waals surface area contributed by atoms with Gasteiger partial charge in [0.25, 0.3) is 5.56 Å². The summed E-state index contributed by atoms with van der Waals surface area (Å²) in [5, 5.41) is 0.520. The van der Waals surface area contributed by atoms with Crippen LogP contribution in [0.2, 0.25) is 0 Å². The topological polar surface area (TPSA) is 110 Å². The van der Waals surface area contributed by atoms with Gasteiger partial charge in [-0.25, -0.2) is 25.0 Å². The van der Waals surface area contributed by atoms with Gasteiger partial charge in [-0.3, -0.25) is 13.9 Å². The Morgan fingerprint density at radius 1 is 1.14 bits per heavy atom.